The summed E-state index contributed by atoms with van der Waals surface area (Å²) >= 11 is 0.772. The number of ether oxygens (including phenoxy) is 1. The van der Waals surface area contributed by atoms with Crippen LogP contribution in [0.4, 0.5) is 4.79 Å². The third-order valence-electron chi connectivity index (χ3n) is 1.81. The maximum Gasteiger partial charge on any atom is 0.322 e. The van der Waals surface area contributed by atoms with Gasteiger partial charge in [-0.05, 0) is 12.8 Å². The number of primary amides is 1. The molecule has 0 aliphatic carbocycles. The van der Waals surface area contributed by atoms with Gasteiger partial charge in [0, 0.05) is 31.1 Å². The average Bonchev–Trinajstić information content (AvgIpc) is 2.15. The van der Waals surface area contributed by atoms with Crippen LogP contribution in [0, 0.1) is 5.92 Å². The van der Waals surface area contributed by atoms with Crippen LogP contribution in [0.2, 0.25) is 0 Å². The highest BCUT2D eigenvalue weighted by Crippen LogP contribution is 2.19. The van der Waals surface area contributed by atoms with Crippen LogP contribution in [0.15, 0.2) is 0 Å². The van der Waals surface area contributed by atoms with Gasteiger partial charge in [0.05, 0.1) is 0 Å². The number of hydrogen-bond acceptors (Lipinski definition) is 4. The van der Waals surface area contributed by atoms with Crippen molar-refractivity contribution in [3.05, 3.63) is 0 Å². The summed E-state index contributed by atoms with van der Waals surface area (Å²) in [4.78, 5) is 21.6. The Bertz CT molecular complexity index is 204. The van der Waals surface area contributed by atoms with E-state index in [1.807, 2.05) is 0 Å². The van der Waals surface area contributed by atoms with Crippen molar-refractivity contribution in [2.24, 2.45) is 11.7 Å². The number of rotatable bonds is 1. The van der Waals surface area contributed by atoms with Crippen LogP contribution in [0.5, 0.6) is 0 Å². The van der Waals surface area contributed by atoms with Gasteiger partial charge in [0.2, 0.25) is 5.12 Å². The maximum atomic E-state index is 11.3. The van der Waals surface area contributed by atoms with Crippen molar-refractivity contribution in [3.63, 3.8) is 0 Å². The van der Waals surface area contributed by atoms with E-state index in [0.29, 0.717) is 13.2 Å². The van der Waals surface area contributed by atoms with Gasteiger partial charge in [-0.1, -0.05) is 0 Å². The van der Waals surface area contributed by atoms with Gasteiger partial charge in [0.1, 0.15) is 0 Å². The predicted molar refractivity (Wildman–Crippen MR) is 48.9 cm³/mol. The molecular weight excluding hydrogens is 192 g/mol. The lowest BCUT2D eigenvalue weighted by atomic mass is 10.0. The monoisotopic (exact) mass is 204 g/mol. The SMILES string of the molecule is NC(=O)NSC(=O)C1CCOCC1. The number of amides is 2. The fraction of sp³-hybridized carbons (Fsp3) is 0.714. The van der Waals surface area contributed by atoms with Crippen LogP contribution in [0.3, 0.4) is 0 Å². The highest BCUT2D eigenvalue weighted by Gasteiger charge is 2.22. The molecule has 0 unspecified atom stereocenters. The molecule has 13 heavy (non-hydrogen) atoms. The molecule has 2 amide bonds. The first-order valence-corrected chi connectivity index (χ1v) is 4.85. The molecule has 1 heterocycles. The molecule has 1 fully saturated rings. The van der Waals surface area contributed by atoms with Crippen LogP contribution in [-0.4, -0.2) is 24.4 Å². The number of hydrogen-bond donors (Lipinski definition) is 2. The fourth-order valence-corrected chi connectivity index (χ4v) is 1.72. The van der Waals surface area contributed by atoms with Crippen molar-refractivity contribution in [2.45, 2.75) is 12.8 Å². The molecule has 1 saturated heterocycles. The van der Waals surface area contributed by atoms with E-state index in [1.54, 1.807) is 0 Å². The van der Waals surface area contributed by atoms with E-state index >= 15 is 0 Å². The van der Waals surface area contributed by atoms with Crippen LogP contribution in [-0.2, 0) is 9.53 Å². The van der Waals surface area contributed by atoms with E-state index in [-0.39, 0.29) is 11.0 Å². The Morgan fingerprint density at radius 3 is 2.54 bits per heavy atom. The van der Waals surface area contributed by atoms with Crippen molar-refractivity contribution in [2.75, 3.05) is 13.2 Å². The van der Waals surface area contributed by atoms with Gasteiger partial charge in [-0.15, -0.1) is 0 Å². The summed E-state index contributed by atoms with van der Waals surface area (Å²) in [5.41, 5.74) is 4.82. The summed E-state index contributed by atoms with van der Waals surface area (Å²) in [6.07, 6.45) is 1.46. The zero-order valence-corrected chi connectivity index (χ0v) is 7.93. The van der Waals surface area contributed by atoms with E-state index in [4.69, 9.17) is 10.5 Å². The first kappa shape index (κ1) is 10.3. The molecule has 3 N–H and O–H groups in total. The molecule has 0 spiro atoms. The van der Waals surface area contributed by atoms with Gasteiger partial charge in [0.25, 0.3) is 0 Å². The van der Waals surface area contributed by atoms with Gasteiger partial charge in [-0.3, -0.25) is 9.52 Å². The van der Waals surface area contributed by atoms with Crippen molar-refractivity contribution in [3.8, 4) is 0 Å². The predicted octanol–water partition coefficient (Wildman–Crippen LogP) is 0.256. The molecule has 0 atom stereocenters. The molecule has 6 heteroatoms. The molecule has 74 valence electrons. The number of carbonyl (C=O) groups excluding carboxylic acids is 2. The molecule has 0 saturated carbocycles. The minimum Gasteiger partial charge on any atom is -0.381 e. The second-order valence-electron chi connectivity index (χ2n) is 2.77. The number of carbonyl (C=O) groups is 2. The van der Waals surface area contributed by atoms with Crippen LogP contribution in [0.1, 0.15) is 12.8 Å². The summed E-state index contributed by atoms with van der Waals surface area (Å²) in [6.45, 7) is 1.24. The Labute approximate surface area is 80.5 Å². The molecule has 0 aromatic heterocycles. The summed E-state index contributed by atoms with van der Waals surface area (Å²) in [6, 6.07) is -0.689. The summed E-state index contributed by atoms with van der Waals surface area (Å²) < 4.78 is 7.31. The zero-order chi connectivity index (χ0) is 9.68. The third-order valence-corrected chi connectivity index (χ3v) is 2.64. The fourth-order valence-electron chi connectivity index (χ4n) is 1.12. The number of urea groups is 1. The number of nitrogens with one attached hydrogen (secondary N) is 1. The standard InChI is InChI=1S/C7H12N2O3S/c8-7(11)9-13-6(10)5-1-3-12-4-2-5/h5H,1-4H2,(H3,8,9,11). The molecular formula is C7H12N2O3S. The second-order valence-corrected chi connectivity index (χ2v) is 3.58. The molecule has 1 aliphatic rings. The first-order chi connectivity index (χ1) is 6.20. The Morgan fingerprint density at radius 1 is 1.38 bits per heavy atom. The van der Waals surface area contributed by atoms with Gasteiger partial charge in [0.15, 0.2) is 0 Å². The Balaban J connectivity index is 2.25. The van der Waals surface area contributed by atoms with E-state index in [9.17, 15) is 9.59 Å². The minimum absolute atomic E-state index is 0.00870. The number of nitrogens with two attached hydrogens (primary N) is 1. The largest absolute Gasteiger partial charge is 0.381 e. The Hall–Kier alpha value is -0.750. The van der Waals surface area contributed by atoms with Crippen molar-refractivity contribution in [1.29, 1.82) is 0 Å². The van der Waals surface area contributed by atoms with E-state index in [1.165, 1.54) is 0 Å². The quantitative estimate of drug-likeness (QED) is 0.600. The van der Waals surface area contributed by atoms with E-state index < -0.39 is 6.03 Å². The maximum absolute atomic E-state index is 11.3. The molecule has 1 rings (SSSR count). The highest BCUT2D eigenvalue weighted by molar-refractivity contribution is 8.12. The van der Waals surface area contributed by atoms with Crippen LogP contribution in [0.25, 0.3) is 0 Å². The highest BCUT2D eigenvalue weighted by atomic mass is 32.2. The van der Waals surface area contributed by atoms with Gasteiger partial charge >= 0.3 is 6.03 Å². The molecule has 0 aromatic carbocycles. The van der Waals surface area contributed by atoms with Gasteiger partial charge in [-0.2, -0.15) is 0 Å². The van der Waals surface area contributed by atoms with E-state index in [2.05, 4.69) is 4.72 Å². The van der Waals surface area contributed by atoms with Crippen LogP contribution < -0.4 is 10.5 Å². The smallest absolute Gasteiger partial charge is 0.322 e. The van der Waals surface area contributed by atoms with Crippen LogP contribution >= 0.6 is 11.9 Å². The lowest BCUT2D eigenvalue weighted by Gasteiger charge is -2.19. The van der Waals surface area contributed by atoms with Crippen molar-refractivity contribution in [1.82, 2.24) is 4.72 Å². The molecule has 0 radical (unpaired) electrons. The summed E-state index contributed by atoms with van der Waals surface area (Å²) in [5, 5.41) is -0.0397. The normalized spacial score (nSPS) is 18.2. The third kappa shape index (κ3) is 3.65. The summed E-state index contributed by atoms with van der Waals surface area (Å²) in [5.74, 6) is -0.00870. The second kappa shape index (κ2) is 5.08. The van der Waals surface area contributed by atoms with Gasteiger partial charge in [-0.25, -0.2) is 4.79 Å². The topological polar surface area (TPSA) is 81.4 Å². The van der Waals surface area contributed by atoms with Crippen molar-refractivity contribution < 1.29 is 14.3 Å². The Morgan fingerprint density at radius 2 is 2.00 bits per heavy atom. The lowest BCUT2D eigenvalue weighted by molar-refractivity contribution is -0.117. The summed E-state index contributed by atoms with van der Waals surface area (Å²) in [7, 11) is 0. The van der Waals surface area contributed by atoms with Crippen molar-refractivity contribution >= 4 is 23.1 Å². The first-order valence-electron chi connectivity index (χ1n) is 4.04. The molecule has 1 aliphatic heterocycles. The lowest BCUT2D eigenvalue weighted by Crippen LogP contribution is -2.28. The zero-order valence-electron chi connectivity index (χ0n) is 7.12. The molecule has 0 aromatic rings. The van der Waals surface area contributed by atoms with Gasteiger partial charge < -0.3 is 10.5 Å². The van der Waals surface area contributed by atoms with E-state index in [0.717, 1.165) is 24.8 Å². The minimum atomic E-state index is -0.689. The molecule has 0 bridgehead atoms. The Kier molecular flexibility index (Phi) is 4.04. The molecule has 5 nitrogen and oxygen atoms in total. The average molecular weight is 204 g/mol.